The first-order valence-electron chi connectivity index (χ1n) is 10.4. The minimum absolute atomic E-state index is 0.652. The number of rotatable bonds is 4. The third-order valence-electron chi connectivity index (χ3n) is 5.87. The number of hydrogen-bond donors (Lipinski definition) is 0. The number of piperazine rings is 1. The summed E-state index contributed by atoms with van der Waals surface area (Å²) in [7, 11) is 2.17. The van der Waals surface area contributed by atoms with Gasteiger partial charge in [-0.2, -0.15) is 5.26 Å². The van der Waals surface area contributed by atoms with Gasteiger partial charge >= 0.3 is 0 Å². The predicted octanol–water partition coefficient (Wildman–Crippen LogP) is 3.08. The fourth-order valence-corrected chi connectivity index (χ4v) is 4.01. The summed E-state index contributed by atoms with van der Waals surface area (Å²) in [6, 6.07) is 14.0. The molecule has 4 aromatic rings. The van der Waals surface area contributed by atoms with Gasteiger partial charge in [0.05, 0.1) is 23.0 Å². The summed E-state index contributed by atoms with van der Waals surface area (Å²) in [4.78, 5) is 18.1. The Hall–Kier alpha value is -3.60. The highest BCUT2D eigenvalue weighted by Crippen LogP contribution is 2.28. The maximum absolute atomic E-state index is 9.15. The molecule has 3 aromatic heterocycles. The van der Waals surface area contributed by atoms with Crippen LogP contribution < -0.4 is 0 Å². The first-order chi connectivity index (χ1) is 15.2. The second-order valence-electron chi connectivity index (χ2n) is 7.95. The zero-order valence-electron chi connectivity index (χ0n) is 17.4. The highest BCUT2D eigenvalue weighted by molar-refractivity contribution is 5.70. The van der Waals surface area contributed by atoms with Crippen LogP contribution in [0.2, 0.25) is 0 Å². The molecule has 0 radical (unpaired) electrons. The zero-order chi connectivity index (χ0) is 21.2. The maximum Gasteiger partial charge on any atom is 0.137 e. The van der Waals surface area contributed by atoms with Crippen molar-refractivity contribution in [1.82, 2.24) is 29.2 Å². The van der Waals surface area contributed by atoms with Crippen LogP contribution in [0.25, 0.3) is 28.0 Å². The second kappa shape index (κ2) is 8.26. The molecule has 0 spiro atoms. The van der Waals surface area contributed by atoms with Crippen LogP contribution in [0.1, 0.15) is 11.3 Å². The number of hydrogen-bond acceptors (Lipinski definition) is 6. The number of imidazole rings is 1. The van der Waals surface area contributed by atoms with E-state index in [9.17, 15) is 0 Å². The molecule has 0 saturated carbocycles. The second-order valence-corrected chi connectivity index (χ2v) is 7.95. The summed E-state index contributed by atoms with van der Waals surface area (Å²) < 4.78 is 2.19. The number of aromatic nitrogens is 4. The van der Waals surface area contributed by atoms with E-state index >= 15 is 0 Å². The van der Waals surface area contributed by atoms with Crippen molar-refractivity contribution in [1.29, 1.82) is 5.26 Å². The summed E-state index contributed by atoms with van der Waals surface area (Å²) in [6.07, 6.45) is 7.32. The Bertz CT molecular complexity index is 1230. The van der Waals surface area contributed by atoms with E-state index in [2.05, 4.69) is 49.5 Å². The lowest BCUT2D eigenvalue weighted by Crippen LogP contribution is -2.44. The number of fused-ring (bicyclic) bond motifs is 1. The predicted molar refractivity (Wildman–Crippen MR) is 119 cm³/mol. The fourth-order valence-electron chi connectivity index (χ4n) is 4.01. The molecule has 1 aromatic carbocycles. The number of benzene rings is 1. The van der Waals surface area contributed by atoms with E-state index in [0.29, 0.717) is 5.56 Å². The summed E-state index contributed by atoms with van der Waals surface area (Å²) >= 11 is 0. The van der Waals surface area contributed by atoms with E-state index < -0.39 is 0 Å². The number of nitriles is 1. The molecule has 7 nitrogen and oxygen atoms in total. The number of likely N-dealkylation sites (N-methyl/N-ethyl adjacent to an activating group) is 1. The highest BCUT2D eigenvalue weighted by Gasteiger charge is 2.20. The lowest BCUT2D eigenvalue weighted by atomic mass is 10.1. The molecule has 1 fully saturated rings. The Balaban J connectivity index is 1.61. The van der Waals surface area contributed by atoms with Crippen molar-refractivity contribution >= 4 is 5.65 Å². The van der Waals surface area contributed by atoms with Gasteiger partial charge in [-0.15, -0.1) is 0 Å². The van der Waals surface area contributed by atoms with Gasteiger partial charge in [0.2, 0.25) is 0 Å². The molecule has 1 aliphatic rings. The SMILES string of the molecule is CN1CCN(Cc2c(-c3ccc(C#N)cc3)nc3ccc(-c4cncnc4)cn23)CC1. The quantitative estimate of drug-likeness (QED) is 0.516. The first kappa shape index (κ1) is 19.4. The third kappa shape index (κ3) is 3.91. The van der Waals surface area contributed by atoms with E-state index in [1.165, 1.54) is 0 Å². The Morgan fingerprint density at radius 1 is 0.903 bits per heavy atom. The minimum Gasteiger partial charge on any atom is -0.304 e. The van der Waals surface area contributed by atoms with Gasteiger partial charge in [-0.3, -0.25) is 4.90 Å². The van der Waals surface area contributed by atoms with Gasteiger partial charge in [-0.25, -0.2) is 15.0 Å². The van der Waals surface area contributed by atoms with Gasteiger partial charge in [0.15, 0.2) is 0 Å². The van der Waals surface area contributed by atoms with Crippen LogP contribution in [-0.2, 0) is 6.54 Å². The van der Waals surface area contributed by atoms with Crippen molar-refractivity contribution in [2.24, 2.45) is 0 Å². The van der Waals surface area contributed by atoms with E-state index in [0.717, 1.165) is 66.4 Å². The largest absolute Gasteiger partial charge is 0.304 e. The molecule has 154 valence electrons. The van der Waals surface area contributed by atoms with Gasteiger partial charge < -0.3 is 9.30 Å². The monoisotopic (exact) mass is 409 g/mol. The molecule has 0 N–H and O–H groups in total. The van der Waals surface area contributed by atoms with Crippen molar-refractivity contribution in [3.8, 4) is 28.5 Å². The van der Waals surface area contributed by atoms with E-state index in [4.69, 9.17) is 10.2 Å². The molecular formula is C24H23N7. The molecular weight excluding hydrogens is 386 g/mol. The summed E-state index contributed by atoms with van der Waals surface area (Å²) in [5.41, 5.74) is 6.73. The normalized spacial score (nSPS) is 15.2. The van der Waals surface area contributed by atoms with E-state index in [-0.39, 0.29) is 0 Å². The van der Waals surface area contributed by atoms with Crippen molar-refractivity contribution < 1.29 is 0 Å². The Kier molecular flexibility index (Phi) is 5.16. The summed E-state index contributed by atoms with van der Waals surface area (Å²) in [6.45, 7) is 5.01. The van der Waals surface area contributed by atoms with Gasteiger partial charge in [-0.05, 0) is 31.3 Å². The molecule has 1 aliphatic heterocycles. The molecule has 0 bridgehead atoms. The topological polar surface area (TPSA) is 73.3 Å². The van der Waals surface area contributed by atoms with Crippen LogP contribution >= 0.6 is 0 Å². The van der Waals surface area contributed by atoms with Crippen molar-refractivity contribution in [2.75, 3.05) is 33.2 Å². The Morgan fingerprint density at radius 2 is 1.61 bits per heavy atom. The third-order valence-corrected chi connectivity index (χ3v) is 5.87. The average Bonchev–Trinajstić information content (AvgIpc) is 3.18. The van der Waals surface area contributed by atoms with Crippen molar-refractivity contribution in [2.45, 2.75) is 6.54 Å². The maximum atomic E-state index is 9.15. The molecule has 0 aliphatic carbocycles. The molecule has 4 heterocycles. The van der Waals surface area contributed by atoms with E-state index in [1.807, 2.05) is 42.7 Å². The minimum atomic E-state index is 0.652. The first-order valence-corrected chi connectivity index (χ1v) is 10.4. The fraction of sp³-hybridized carbons (Fsp3) is 0.250. The molecule has 0 unspecified atom stereocenters. The van der Waals surface area contributed by atoms with Crippen molar-refractivity contribution in [3.63, 3.8) is 0 Å². The van der Waals surface area contributed by atoms with Crippen LogP contribution in [0.15, 0.2) is 61.3 Å². The van der Waals surface area contributed by atoms with Crippen LogP contribution in [0, 0.1) is 11.3 Å². The standard InChI is InChI=1S/C24H23N7/c1-29-8-10-30(11-9-29)16-22-24(19-4-2-18(12-25)3-5-19)28-23-7-6-20(15-31(22)23)21-13-26-17-27-14-21/h2-7,13-15,17H,8-11,16H2,1H3. The van der Waals surface area contributed by atoms with E-state index in [1.54, 1.807) is 6.33 Å². The summed E-state index contributed by atoms with van der Waals surface area (Å²) in [5.74, 6) is 0. The van der Waals surface area contributed by atoms with Crippen LogP contribution in [0.4, 0.5) is 0 Å². The average molecular weight is 409 g/mol. The van der Waals surface area contributed by atoms with Gasteiger partial charge in [0, 0.05) is 68.0 Å². The van der Waals surface area contributed by atoms with Crippen LogP contribution in [0.5, 0.6) is 0 Å². The Labute approximate surface area is 181 Å². The van der Waals surface area contributed by atoms with Crippen LogP contribution in [0.3, 0.4) is 0 Å². The van der Waals surface area contributed by atoms with Gasteiger partial charge in [0.25, 0.3) is 0 Å². The molecule has 31 heavy (non-hydrogen) atoms. The lowest BCUT2D eigenvalue weighted by Gasteiger charge is -2.32. The molecule has 0 atom stereocenters. The lowest BCUT2D eigenvalue weighted by molar-refractivity contribution is 0.147. The molecule has 1 saturated heterocycles. The number of nitrogens with zero attached hydrogens (tertiary/aromatic N) is 7. The molecule has 5 rings (SSSR count). The molecule has 7 heteroatoms. The van der Waals surface area contributed by atoms with Crippen molar-refractivity contribution in [3.05, 3.63) is 72.6 Å². The highest BCUT2D eigenvalue weighted by atomic mass is 15.3. The smallest absolute Gasteiger partial charge is 0.137 e. The van der Waals surface area contributed by atoms with Gasteiger partial charge in [-0.1, -0.05) is 12.1 Å². The zero-order valence-corrected chi connectivity index (χ0v) is 17.4. The van der Waals surface area contributed by atoms with Gasteiger partial charge in [0.1, 0.15) is 12.0 Å². The Morgan fingerprint density at radius 3 is 2.32 bits per heavy atom. The summed E-state index contributed by atoms with van der Waals surface area (Å²) in [5, 5.41) is 9.15. The molecule has 0 amide bonds. The number of pyridine rings is 1. The van der Waals surface area contributed by atoms with Crippen LogP contribution in [-0.4, -0.2) is 62.4 Å².